The fourth-order valence-electron chi connectivity index (χ4n) is 2.49. The van der Waals surface area contributed by atoms with E-state index < -0.39 is 0 Å². The normalized spacial score (nSPS) is 17.4. The summed E-state index contributed by atoms with van der Waals surface area (Å²) in [6.07, 6.45) is 2.26. The van der Waals surface area contributed by atoms with Crippen LogP contribution < -0.4 is 10.6 Å². The van der Waals surface area contributed by atoms with E-state index >= 15 is 0 Å². The Bertz CT molecular complexity index is 406. The summed E-state index contributed by atoms with van der Waals surface area (Å²) >= 11 is 0. The van der Waals surface area contributed by atoms with Crippen LogP contribution in [-0.2, 0) is 9.53 Å². The van der Waals surface area contributed by atoms with Crippen molar-refractivity contribution in [2.45, 2.75) is 39.7 Å². The fourth-order valence-corrected chi connectivity index (χ4v) is 2.49. The Balaban J connectivity index is 2.47. The molecule has 0 bridgehead atoms. The van der Waals surface area contributed by atoms with Gasteiger partial charge in [-0.05, 0) is 25.7 Å². The van der Waals surface area contributed by atoms with Crippen molar-refractivity contribution >= 4 is 11.9 Å². The first-order valence-corrected chi connectivity index (χ1v) is 9.43. The molecule has 1 rings (SSSR count). The van der Waals surface area contributed by atoms with E-state index in [-0.39, 0.29) is 12.5 Å². The Hall–Kier alpha value is -1.34. The van der Waals surface area contributed by atoms with E-state index in [0.717, 1.165) is 51.8 Å². The Kier molecular flexibility index (Phi) is 10.5. The van der Waals surface area contributed by atoms with E-state index in [4.69, 9.17) is 4.74 Å². The smallest absolute Gasteiger partial charge is 0.243 e. The highest BCUT2D eigenvalue weighted by Crippen LogP contribution is 2.06. The third-order valence-corrected chi connectivity index (χ3v) is 4.26. The molecule has 7 nitrogen and oxygen atoms in total. The summed E-state index contributed by atoms with van der Waals surface area (Å²) in [6.45, 7) is 12.1. The fraction of sp³-hybridized carbons (Fsp3) is 0.889. The quantitative estimate of drug-likeness (QED) is 0.472. The highest BCUT2D eigenvalue weighted by Gasteiger charge is 2.11. The molecule has 7 heteroatoms. The van der Waals surface area contributed by atoms with Gasteiger partial charge >= 0.3 is 0 Å². The zero-order valence-corrected chi connectivity index (χ0v) is 16.7. The minimum absolute atomic E-state index is 0.00381. The molecule has 0 spiro atoms. The Morgan fingerprint density at radius 3 is 2.48 bits per heavy atom. The van der Waals surface area contributed by atoms with Crippen LogP contribution in [0.4, 0.5) is 0 Å². The van der Waals surface area contributed by atoms with Crippen LogP contribution in [0.1, 0.15) is 33.6 Å². The van der Waals surface area contributed by atoms with E-state index in [1.54, 1.807) is 19.0 Å². The van der Waals surface area contributed by atoms with Crippen LogP contribution in [-0.4, -0.2) is 87.7 Å². The van der Waals surface area contributed by atoms with Gasteiger partial charge in [-0.3, -0.25) is 9.69 Å². The van der Waals surface area contributed by atoms with Gasteiger partial charge in [-0.1, -0.05) is 13.8 Å². The minimum Gasteiger partial charge on any atom is -0.379 e. The maximum absolute atomic E-state index is 11.8. The standard InChI is InChI=1S/C18H37N5O2/c1-15(2)6-7-16(3)21-18(20-14-17(24)22(4)5)19-8-9-23-10-12-25-13-11-23/h15-16H,6-14H2,1-5H3,(H2,19,20,21). The molecule has 0 aromatic carbocycles. The van der Waals surface area contributed by atoms with E-state index in [1.165, 1.54) is 6.42 Å². The molecule has 0 aromatic heterocycles. The molecular formula is C18H37N5O2. The van der Waals surface area contributed by atoms with E-state index in [0.29, 0.717) is 12.0 Å². The van der Waals surface area contributed by atoms with Crippen molar-refractivity contribution in [1.82, 2.24) is 20.4 Å². The molecule has 0 radical (unpaired) electrons. The lowest BCUT2D eigenvalue weighted by atomic mass is 10.0. The number of carbonyl (C=O) groups is 1. The Morgan fingerprint density at radius 1 is 1.20 bits per heavy atom. The molecular weight excluding hydrogens is 318 g/mol. The SMILES string of the molecule is CC(C)CCC(C)NC(=NCC(=O)N(C)C)NCCN1CCOCC1. The number of aliphatic imine (C=N–C) groups is 1. The van der Waals surface area contributed by atoms with Crippen LogP contribution in [0.3, 0.4) is 0 Å². The van der Waals surface area contributed by atoms with Crippen molar-refractivity contribution in [2.75, 3.05) is 60.0 Å². The van der Waals surface area contributed by atoms with Crippen molar-refractivity contribution < 1.29 is 9.53 Å². The van der Waals surface area contributed by atoms with Gasteiger partial charge in [-0.15, -0.1) is 0 Å². The summed E-state index contributed by atoms with van der Waals surface area (Å²) < 4.78 is 5.37. The molecule has 0 saturated carbocycles. The van der Waals surface area contributed by atoms with Gasteiger partial charge in [0.05, 0.1) is 13.2 Å². The Morgan fingerprint density at radius 2 is 1.88 bits per heavy atom. The first-order chi connectivity index (χ1) is 11.9. The van der Waals surface area contributed by atoms with E-state index in [1.807, 2.05) is 0 Å². The highest BCUT2D eigenvalue weighted by atomic mass is 16.5. The summed E-state index contributed by atoms with van der Waals surface area (Å²) in [6, 6.07) is 0.325. The average Bonchev–Trinajstić information content (AvgIpc) is 2.58. The number of nitrogens with zero attached hydrogens (tertiary/aromatic N) is 3. The van der Waals surface area contributed by atoms with Crippen LogP contribution in [0.15, 0.2) is 4.99 Å². The molecule has 1 saturated heterocycles. The largest absolute Gasteiger partial charge is 0.379 e. The molecule has 1 amide bonds. The molecule has 1 heterocycles. The van der Waals surface area contributed by atoms with Crippen molar-refractivity contribution in [3.63, 3.8) is 0 Å². The molecule has 1 unspecified atom stereocenters. The third kappa shape index (κ3) is 10.3. The molecule has 1 atom stereocenters. The third-order valence-electron chi connectivity index (χ3n) is 4.26. The number of amides is 1. The van der Waals surface area contributed by atoms with Crippen LogP contribution in [0.5, 0.6) is 0 Å². The number of likely N-dealkylation sites (N-methyl/N-ethyl adjacent to an activating group) is 1. The number of nitrogens with one attached hydrogen (secondary N) is 2. The van der Waals surface area contributed by atoms with Gasteiger partial charge < -0.3 is 20.3 Å². The minimum atomic E-state index is 0.00381. The zero-order valence-electron chi connectivity index (χ0n) is 16.7. The van der Waals surface area contributed by atoms with Crippen LogP contribution in [0.2, 0.25) is 0 Å². The molecule has 0 aliphatic carbocycles. The van der Waals surface area contributed by atoms with Crippen LogP contribution in [0, 0.1) is 5.92 Å². The number of carbonyl (C=O) groups excluding carboxylic acids is 1. The summed E-state index contributed by atoms with van der Waals surface area (Å²) in [5, 5.41) is 6.79. The molecule has 1 aliphatic rings. The second kappa shape index (κ2) is 12.1. The van der Waals surface area contributed by atoms with Gasteiger partial charge in [0.25, 0.3) is 0 Å². The predicted octanol–water partition coefficient (Wildman–Crippen LogP) is 0.767. The summed E-state index contributed by atoms with van der Waals surface area (Å²) in [7, 11) is 3.50. The van der Waals surface area contributed by atoms with Crippen molar-refractivity contribution in [1.29, 1.82) is 0 Å². The van der Waals surface area contributed by atoms with Gasteiger partial charge in [-0.2, -0.15) is 0 Å². The average molecular weight is 356 g/mol. The van der Waals surface area contributed by atoms with Gasteiger partial charge in [0.1, 0.15) is 6.54 Å². The van der Waals surface area contributed by atoms with Crippen molar-refractivity contribution in [3.05, 3.63) is 0 Å². The topological polar surface area (TPSA) is 69.2 Å². The lowest BCUT2D eigenvalue weighted by Crippen LogP contribution is -2.47. The molecule has 25 heavy (non-hydrogen) atoms. The first-order valence-electron chi connectivity index (χ1n) is 9.43. The second-order valence-electron chi connectivity index (χ2n) is 7.35. The molecule has 1 fully saturated rings. The van der Waals surface area contributed by atoms with E-state index in [2.05, 4.69) is 41.3 Å². The highest BCUT2D eigenvalue weighted by molar-refractivity contribution is 5.84. The molecule has 2 N–H and O–H groups in total. The number of hydrogen-bond donors (Lipinski definition) is 2. The van der Waals surface area contributed by atoms with Crippen molar-refractivity contribution in [2.24, 2.45) is 10.9 Å². The number of hydrogen-bond acceptors (Lipinski definition) is 4. The van der Waals surface area contributed by atoms with Crippen LogP contribution >= 0.6 is 0 Å². The van der Waals surface area contributed by atoms with E-state index in [9.17, 15) is 4.79 Å². The maximum atomic E-state index is 11.8. The van der Waals surface area contributed by atoms with Gasteiger partial charge in [0.15, 0.2) is 5.96 Å². The zero-order chi connectivity index (χ0) is 18.7. The number of guanidine groups is 1. The Labute approximate surface area is 153 Å². The number of rotatable bonds is 9. The molecule has 1 aliphatic heterocycles. The van der Waals surface area contributed by atoms with Gasteiger partial charge in [0.2, 0.25) is 5.91 Å². The lowest BCUT2D eigenvalue weighted by Gasteiger charge is -2.27. The summed E-state index contributed by atoms with van der Waals surface area (Å²) in [5.74, 6) is 1.41. The molecule has 146 valence electrons. The predicted molar refractivity (Wildman–Crippen MR) is 103 cm³/mol. The number of morpholine rings is 1. The van der Waals surface area contributed by atoms with Gasteiger partial charge in [-0.25, -0.2) is 4.99 Å². The van der Waals surface area contributed by atoms with Crippen molar-refractivity contribution in [3.8, 4) is 0 Å². The lowest BCUT2D eigenvalue weighted by molar-refractivity contribution is -0.127. The summed E-state index contributed by atoms with van der Waals surface area (Å²) in [5.41, 5.74) is 0. The summed E-state index contributed by atoms with van der Waals surface area (Å²) in [4.78, 5) is 20.2. The first kappa shape index (κ1) is 21.7. The van der Waals surface area contributed by atoms with Crippen LogP contribution in [0.25, 0.3) is 0 Å². The maximum Gasteiger partial charge on any atom is 0.243 e. The monoisotopic (exact) mass is 355 g/mol. The van der Waals surface area contributed by atoms with Gasteiger partial charge in [0, 0.05) is 46.3 Å². The number of ether oxygens (including phenoxy) is 1. The second-order valence-corrected chi connectivity index (χ2v) is 7.35. The molecule has 0 aromatic rings.